The predicted octanol–water partition coefficient (Wildman–Crippen LogP) is 3.41. The van der Waals surface area contributed by atoms with Crippen LogP contribution in [0.4, 0.5) is 4.39 Å². The van der Waals surface area contributed by atoms with Crippen molar-refractivity contribution in [2.75, 3.05) is 0 Å². The number of nitrogens with zero attached hydrogens (tertiary/aromatic N) is 2. The van der Waals surface area contributed by atoms with Crippen LogP contribution in [0.5, 0.6) is 0 Å². The predicted molar refractivity (Wildman–Crippen MR) is 74.9 cm³/mol. The Morgan fingerprint density at radius 3 is 2.90 bits per heavy atom. The lowest BCUT2D eigenvalue weighted by atomic mass is 9.96. The summed E-state index contributed by atoms with van der Waals surface area (Å²) < 4.78 is 16.2. The first-order valence-corrected chi connectivity index (χ1v) is 7.12. The van der Waals surface area contributed by atoms with Crippen LogP contribution in [0.2, 0.25) is 0 Å². The monoisotopic (exact) mass is 338 g/mol. The molecule has 1 N–H and O–H groups in total. The number of aliphatic carboxylic acids is 1. The molecule has 2 aromatic rings. The molecule has 4 nitrogen and oxygen atoms in total. The summed E-state index contributed by atoms with van der Waals surface area (Å²) in [5.41, 5.74) is 1.02. The number of carboxylic acid groups (broad SMARTS) is 1. The maximum atomic E-state index is 13.9. The summed E-state index contributed by atoms with van der Waals surface area (Å²) in [6.07, 6.45) is 1.32. The third-order valence-electron chi connectivity index (χ3n) is 3.58. The summed E-state index contributed by atoms with van der Waals surface area (Å²) in [4.78, 5) is 15.7. The Morgan fingerprint density at radius 1 is 1.45 bits per heavy atom. The van der Waals surface area contributed by atoms with Gasteiger partial charge in [0, 0.05) is 6.54 Å². The Labute approximate surface area is 123 Å². The van der Waals surface area contributed by atoms with E-state index in [1.165, 1.54) is 6.07 Å². The van der Waals surface area contributed by atoms with Crippen molar-refractivity contribution in [2.45, 2.75) is 25.3 Å². The number of carbonyl (C=O) groups is 1. The molecule has 1 atom stereocenters. The van der Waals surface area contributed by atoms with Gasteiger partial charge in [0.25, 0.3) is 0 Å². The van der Waals surface area contributed by atoms with Crippen molar-refractivity contribution in [3.63, 3.8) is 0 Å². The number of aromatic nitrogens is 2. The second-order valence-corrected chi connectivity index (χ2v) is 5.53. The summed E-state index contributed by atoms with van der Waals surface area (Å²) in [7, 11) is 0. The molecule has 1 aromatic heterocycles. The summed E-state index contributed by atoms with van der Waals surface area (Å²) in [6.45, 7) is 0.654. The molecule has 104 valence electrons. The van der Waals surface area contributed by atoms with E-state index in [1.807, 2.05) is 4.57 Å². The first-order chi connectivity index (χ1) is 9.59. The quantitative estimate of drug-likeness (QED) is 0.912. The van der Waals surface area contributed by atoms with Gasteiger partial charge < -0.3 is 9.67 Å². The largest absolute Gasteiger partial charge is 0.481 e. The van der Waals surface area contributed by atoms with Gasteiger partial charge in [-0.15, -0.1) is 0 Å². The van der Waals surface area contributed by atoms with E-state index in [9.17, 15) is 14.3 Å². The van der Waals surface area contributed by atoms with E-state index in [2.05, 4.69) is 20.9 Å². The number of halogens is 2. The average Bonchev–Trinajstić information content (AvgIpc) is 2.77. The van der Waals surface area contributed by atoms with Gasteiger partial charge in [-0.3, -0.25) is 4.79 Å². The van der Waals surface area contributed by atoms with E-state index >= 15 is 0 Å². The van der Waals surface area contributed by atoms with Gasteiger partial charge in [0.2, 0.25) is 0 Å². The molecule has 0 saturated carbocycles. The van der Waals surface area contributed by atoms with Crippen molar-refractivity contribution in [1.82, 2.24) is 9.55 Å². The second-order valence-electron chi connectivity index (χ2n) is 4.78. The molecule has 0 saturated heterocycles. The molecule has 2 heterocycles. The van der Waals surface area contributed by atoms with Gasteiger partial charge in [-0.05, 0) is 40.9 Å². The molecule has 1 aliphatic rings. The highest BCUT2D eigenvalue weighted by molar-refractivity contribution is 9.10. The summed E-state index contributed by atoms with van der Waals surface area (Å²) in [5, 5.41) is 9.31. The third kappa shape index (κ3) is 2.04. The maximum Gasteiger partial charge on any atom is 0.312 e. The van der Waals surface area contributed by atoms with Crippen molar-refractivity contribution in [2.24, 2.45) is 0 Å². The Balaban J connectivity index is 2.19. The van der Waals surface area contributed by atoms with Crippen LogP contribution in [-0.2, 0) is 11.3 Å². The molecule has 1 aliphatic heterocycles. The fraction of sp³-hybridized carbons (Fsp3) is 0.286. The Morgan fingerprint density at radius 2 is 2.20 bits per heavy atom. The number of benzene rings is 1. The normalized spacial score (nSPS) is 17.8. The Hall–Kier alpha value is -1.69. The first kappa shape index (κ1) is 13.3. The fourth-order valence-corrected chi connectivity index (χ4v) is 3.33. The van der Waals surface area contributed by atoms with E-state index in [-0.39, 0.29) is 5.82 Å². The Bertz CT molecular complexity index is 684. The fourth-order valence-electron chi connectivity index (χ4n) is 2.67. The zero-order valence-corrected chi connectivity index (χ0v) is 12.1. The Kier molecular flexibility index (Phi) is 3.33. The van der Waals surface area contributed by atoms with Crippen LogP contribution >= 0.6 is 15.9 Å². The van der Waals surface area contributed by atoms with Crippen LogP contribution in [0, 0.1) is 5.82 Å². The lowest BCUT2D eigenvalue weighted by Gasteiger charge is -2.22. The number of carboxylic acids is 1. The third-order valence-corrected chi connectivity index (χ3v) is 4.16. The maximum absolute atomic E-state index is 13.9. The molecular weight excluding hydrogens is 327 g/mol. The minimum absolute atomic E-state index is 0.356. The van der Waals surface area contributed by atoms with Crippen LogP contribution in [0.1, 0.15) is 24.5 Å². The van der Waals surface area contributed by atoms with Gasteiger partial charge in [0.1, 0.15) is 16.2 Å². The van der Waals surface area contributed by atoms with Gasteiger partial charge in [-0.2, -0.15) is 0 Å². The van der Waals surface area contributed by atoms with E-state index in [0.717, 1.165) is 6.42 Å². The first-order valence-electron chi connectivity index (χ1n) is 6.33. The van der Waals surface area contributed by atoms with Crippen molar-refractivity contribution in [3.05, 3.63) is 40.4 Å². The minimum Gasteiger partial charge on any atom is -0.481 e. The van der Waals surface area contributed by atoms with Crippen LogP contribution in [0.15, 0.2) is 28.9 Å². The zero-order chi connectivity index (χ0) is 14.3. The molecule has 20 heavy (non-hydrogen) atoms. The van der Waals surface area contributed by atoms with Crippen LogP contribution in [0.25, 0.3) is 11.4 Å². The number of hydrogen-bond donors (Lipinski definition) is 1. The van der Waals surface area contributed by atoms with Crippen molar-refractivity contribution in [1.29, 1.82) is 0 Å². The van der Waals surface area contributed by atoms with Gasteiger partial charge in [-0.25, -0.2) is 9.37 Å². The minimum atomic E-state index is -0.869. The lowest BCUT2D eigenvalue weighted by Crippen LogP contribution is -2.22. The molecule has 0 aliphatic carbocycles. The van der Waals surface area contributed by atoms with E-state index in [1.54, 1.807) is 18.2 Å². The molecule has 0 spiro atoms. The lowest BCUT2D eigenvalue weighted by molar-refractivity contribution is -0.139. The van der Waals surface area contributed by atoms with Gasteiger partial charge in [0.15, 0.2) is 0 Å². The van der Waals surface area contributed by atoms with E-state index < -0.39 is 11.9 Å². The molecule has 3 rings (SSSR count). The molecular formula is C14H12BrFN2O2. The summed E-state index contributed by atoms with van der Waals surface area (Å²) >= 11 is 3.32. The van der Waals surface area contributed by atoms with Crippen LogP contribution < -0.4 is 0 Å². The smallest absolute Gasteiger partial charge is 0.312 e. The zero-order valence-electron chi connectivity index (χ0n) is 10.5. The molecule has 0 fully saturated rings. The SMILES string of the molecule is O=C(O)C1CCCn2c(-c3ccccc3F)nc(Br)c21. The van der Waals surface area contributed by atoms with Crippen molar-refractivity contribution in [3.8, 4) is 11.4 Å². The van der Waals surface area contributed by atoms with E-state index in [0.29, 0.717) is 34.7 Å². The number of fused-ring (bicyclic) bond motifs is 1. The molecule has 0 bridgehead atoms. The number of hydrogen-bond acceptors (Lipinski definition) is 2. The molecule has 6 heteroatoms. The topological polar surface area (TPSA) is 55.1 Å². The van der Waals surface area contributed by atoms with E-state index in [4.69, 9.17) is 0 Å². The van der Waals surface area contributed by atoms with Crippen LogP contribution in [-0.4, -0.2) is 20.6 Å². The van der Waals surface area contributed by atoms with Gasteiger partial charge in [0.05, 0.1) is 17.2 Å². The highest BCUT2D eigenvalue weighted by atomic mass is 79.9. The molecule has 0 radical (unpaired) electrons. The summed E-state index contributed by atoms with van der Waals surface area (Å²) in [6, 6.07) is 6.39. The standard InChI is InChI=1S/C14H12BrFN2O2/c15-12-11-9(14(19)20)5-3-7-18(11)13(17-12)8-4-1-2-6-10(8)16/h1-2,4,6,9H,3,5,7H2,(H,19,20). The highest BCUT2D eigenvalue weighted by Crippen LogP contribution is 2.37. The van der Waals surface area contributed by atoms with Crippen LogP contribution in [0.3, 0.4) is 0 Å². The second kappa shape index (κ2) is 5.01. The molecule has 1 aromatic carbocycles. The average molecular weight is 339 g/mol. The van der Waals surface area contributed by atoms with Gasteiger partial charge >= 0.3 is 5.97 Å². The number of rotatable bonds is 2. The van der Waals surface area contributed by atoms with Gasteiger partial charge in [-0.1, -0.05) is 12.1 Å². The number of imidazole rings is 1. The van der Waals surface area contributed by atoms with Crippen molar-refractivity contribution >= 4 is 21.9 Å². The van der Waals surface area contributed by atoms with Crippen molar-refractivity contribution < 1.29 is 14.3 Å². The summed E-state index contributed by atoms with van der Waals surface area (Å²) in [5.74, 6) is -1.33. The highest BCUT2D eigenvalue weighted by Gasteiger charge is 2.32. The molecule has 1 unspecified atom stereocenters. The molecule has 0 amide bonds.